The summed E-state index contributed by atoms with van der Waals surface area (Å²) in [6.45, 7) is 5.47. The van der Waals surface area contributed by atoms with E-state index in [1.165, 1.54) is 17.7 Å². The van der Waals surface area contributed by atoms with Crippen molar-refractivity contribution in [1.82, 2.24) is 15.3 Å². The van der Waals surface area contributed by atoms with Gasteiger partial charge in [0.25, 0.3) is 0 Å². The van der Waals surface area contributed by atoms with Crippen LogP contribution in [0.4, 0.5) is 0 Å². The third kappa shape index (κ3) is 2.90. The molecule has 20 heavy (non-hydrogen) atoms. The standard InChI is InChI=1S/C16H21N3O/c1-11(2)17-8-12-3-4-15-14(7-12)9-18-16(19-15)13-5-6-20-10-13/h5-6,9-12,17H,3-4,7-8H2,1-2H3. The fourth-order valence-corrected chi connectivity index (χ4v) is 2.69. The Balaban J connectivity index is 1.72. The average Bonchev–Trinajstić information content (AvgIpc) is 2.98. The summed E-state index contributed by atoms with van der Waals surface area (Å²) < 4.78 is 5.10. The second kappa shape index (κ2) is 5.75. The number of nitrogens with one attached hydrogen (secondary N) is 1. The van der Waals surface area contributed by atoms with E-state index in [0.717, 1.165) is 30.8 Å². The SMILES string of the molecule is CC(C)NCC1CCc2nc(-c3ccoc3)ncc2C1. The molecule has 0 saturated carbocycles. The van der Waals surface area contributed by atoms with Gasteiger partial charge < -0.3 is 9.73 Å². The lowest BCUT2D eigenvalue weighted by atomic mass is 9.87. The van der Waals surface area contributed by atoms with Gasteiger partial charge in [0, 0.05) is 17.9 Å². The Morgan fingerprint density at radius 1 is 1.45 bits per heavy atom. The van der Waals surface area contributed by atoms with Crippen LogP contribution >= 0.6 is 0 Å². The van der Waals surface area contributed by atoms with Crippen LogP contribution in [0.5, 0.6) is 0 Å². The van der Waals surface area contributed by atoms with E-state index < -0.39 is 0 Å². The zero-order valence-corrected chi connectivity index (χ0v) is 12.1. The Hall–Kier alpha value is -1.68. The summed E-state index contributed by atoms with van der Waals surface area (Å²) in [6.07, 6.45) is 8.68. The van der Waals surface area contributed by atoms with Gasteiger partial charge in [-0.05, 0) is 43.4 Å². The molecule has 0 saturated heterocycles. The number of hydrogen-bond acceptors (Lipinski definition) is 4. The van der Waals surface area contributed by atoms with E-state index in [4.69, 9.17) is 9.40 Å². The van der Waals surface area contributed by atoms with E-state index in [1.54, 1.807) is 12.5 Å². The number of fused-ring (bicyclic) bond motifs is 1. The monoisotopic (exact) mass is 271 g/mol. The van der Waals surface area contributed by atoms with E-state index in [9.17, 15) is 0 Å². The molecule has 0 bridgehead atoms. The summed E-state index contributed by atoms with van der Waals surface area (Å²) in [7, 11) is 0. The van der Waals surface area contributed by atoms with Crippen molar-refractivity contribution < 1.29 is 4.42 Å². The summed E-state index contributed by atoms with van der Waals surface area (Å²) >= 11 is 0. The first kappa shape index (κ1) is 13.3. The minimum atomic E-state index is 0.552. The van der Waals surface area contributed by atoms with E-state index in [0.29, 0.717) is 12.0 Å². The van der Waals surface area contributed by atoms with Crippen molar-refractivity contribution in [3.63, 3.8) is 0 Å². The third-order valence-corrected chi connectivity index (χ3v) is 3.85. The first-order chi connectivity index (χ1) is 9.72. The third-order valence-electron chi connectivity index (χ3n) is 3.85. The molecule has 106 valence electrons. The summed E-state index contributed by atoms with van der Waals surface area (Å²) in [4.78, 5) is 9.17. The Morgan fingerprint density at radius 2 is 2.35 bits per heavy atom. The van der Waals surface area contributed by atoms with Crippen LogP contribution in [-0.2, 0) is 12.8 Å². The van der Waals surface area contributed by atoms with E-state index in [-0.39, 0.29) is 0 Å². The molecular formula is C16H21N3O. The number of aromatic nitrogens is 2. The molecule has 4 heteroatoms. The van der Waals surface area contributed by atoms with Gasteiger partial charge in [-0.3, -0.25) is 0 Å². The molecule has 0 aromatic carbocycles. The van der Waals surface area contributed by atoms with Crippen LogP contribution in [0.25, 0.3) is 11.4 Å². The number of furan rings is 1. The van der Waals surface area contributed by atoms with Crippen molar-refractivity contribution in [3.8, 4) is 11.4 Å². The Morgan fingerprint density at radius 3 is 3.10 bits per heavy atom. The van der Waals surface area contributed by atoms with Crippen LogP contribution in [0.2, 0.25) is 0 Å². The van der Waals surface area contributed by atoms with Crippen LogP contribution in [-0.4, -0.2) is 22.6 Å². The predicted molar refractivity (Wildman–Crippen MR) is 78.4 cm³/mol. The number of hydrogen-bond donors (Lipinski definition) is 1. The Kier molecular flexibility index (Phi) is 3.83. The van der Waals surface area contributed by atoms with Gasteiger partial charge in [0.15, 0.2) is 5.82 Å². The molecule has 0 fully saturated rings. The molecule has 1 aliphatic rings. The summed E-state index contributed by atoms with van der Waals surface area (Å²) in [5, 5.41) is 3.53. The number of aryl methyl sites for hydroxylation is 1. The lowest BCUT2D eigenvalue weighted by Gasteiger charge is -2.25. The van der Waals surface area contributed by atoms with Gasteiger partial charge in [-0.25, -0.2) is 9.97 Å². The minimum Gasteiger partial charge on any atom is -0.472 e. The topological polar surface area (TPSA) is 51.0 Å². The van der Waals surface area contributed by atoms with Crippen molar-refractivity contribution in [1.29, 1.82) is 0 Å². The first-order valence-electron chi connectivity index (χ1n) is 7.33. The molecular weight excluding hydrogens is 250 g/mol. The van der Waals surface area contributed by atoms with E-state index >= 15 is 0 Å². The Labute approximate surface area is 119 Å². The quantitative estimate of drug-likeness (QED) is 0.929. The fourth-order valence-electron chi connectivity index (χ4n) is 2.69. The van der Waals surface area contributed by atoms with E-state index in [2.05, 4.69) is 24.1 Å². The van der Waals surface area contributed by atoms with Crippen molar-refractivity contribution in [2.24, 2.45) is 5.92 Å². The lowest BCUT2D eigenvalue weighted by molar-refractivity contribution is 0.403. The zero-order chi connectivity index (χ0) is 13.9. The molecule has 2 aromatic rings. The van der Waals surface area contributed by atoms with Crippen LogP contribution in [0.1, 0.15) is 31.5 Å². The van der Waals surface area contributed by atoms with Gasteiger partial charge in [-0.2, -0.15) is 0 Å². The minimum absolute atomic E-state index is 0.552. The second-order valence-electron chi connectivity index (χ2n) is 5.85. The van der Waals surface area contributed by atoms with Crippen LogP contribution < -0.4 is 5.32 Å². The van der Waals surface area contributed by atoms with Crippen molar-refractivity contribution in [3.05, 3.63) is 36.0 Å². The zero-order valence-electron chi connectivity index (χ0n) is 12.1. The molecule has 3 rings (SSSR count). The molecule has 1 atom stereocenters. The Bertz CT molecular complexity index is 563. The van der Waals surface area contributed by atoms with Gasteiger partial charge in [-0.1, -0.05) is 13.8 Å². The molecule has 1 N–H and O–H groups in total. The molecule has 1 unspecified atom stereocenters. The fraction of sp³-hybridized carbons (Fsp3) is 0.500. The predicted octanol–water partition coefficient (Wildman–Crippen LogP) is 2.84. The van der Waals surface area contributed by atoms with Gasteiger partial charge >= 0.3 is 0 Å². The highest BCUT2D eigenvalue weighted by molar-refractivity contribution is 5.52. The van der Waals surface area contributed by atoms with Gasteiger partial charge in [-0.15, -0.1) is 0 Å². The highest BCUT2D eigenvalue weighted by Gasteiger charge is 2.20. The molecule has 0 spiro atoms. The maximum absolute atomic E-state index is 5.10. The van der Waals surface area contributed by atoms with Crippen molar-refractivity contribution >= 4 is 0 Å². The second-order valence-corrected chi connectivity index (χ2v) is 5.85. The van der Waals surface area contributed by atoms with Crippen molar-refractivity contribution in [2.45, 2.75) is 39.2 Å². The van der Waals surface area contributed by atoms with Crippen molar-refractivity contribution in [2.75, 3.05) is 6.54 Å². The smallest absolute Gasteiger partial charge is 0.162 e. The van der Waals surface area contributed by atoms with E-state index in [1.807, 2.05) is 12.3 Å². The maximum Gasteiger partial charge on any atom is 0.162 e. The van der Waals surface area contributed by atoms with Gasteiger partial charge in [0.2, 0.25) is 0 Å². The van der Waals surface area contributed by atoms with Crippen LogP contribution in [0, 0.1) is 5.92 Å². The molecule has 0 radical (unpaired) electrons. The molecule has 4 nitrogen and oxygen atoms in total. The molecule has 2 heterocycles. The molecule has 2 aromatic heterocycles. The lowest BCUT2D eigenvalue weighted by Crippen LogP contribution is -2.32. The average molecular weight is 271 g/mol. The largest absolute Gasteiger partial charge is 0.472 e. The highest BCUT2D eigenvalue weighted by Crippen LogP contribution is 2.25. The normalized spacial score (nSPS) is 18.2. The van der Waals surface area contributed by atoms with Gasteiger partial charge in [0.1, 0.15) is 6.26 Å². The number of nitrogens with zero attached hydrogens (tertiary/aromatic N) is 2. The first-order valence-corrected chi connectivity index (χ1v) is 7.33. The molecule has 0 aliphatic heterocycles. The maximum atomic E-state index is 5.10. The molecule has 1 aliphatic carbocycles. The summed E-state index contributed by atoms with van der Waals surface area (Å²) in [5.41, 5.74) is 3.47. The number of rotatable bonds is 4. The summed E-state index contributed by atoms with van der Waals surface area (Å²) in [6, 6.07) is 2.45. The molecule has 0 amide bonds. The van der Waals surface area contributed by atoms with Gasteiger partial charge in [0.05, 0.1) is 11.8 Å². The van der Waals surface area contributed by atoms with Crippen LogP contribution in [0.15, 0.2) is 29.2 Å². The highest BCUT2D eigenvalue weighted by atomic mass is 16.3. The van der Waals surface area contributed by atoms with Crippen LogP contribution in [0.3, 0.4) is 0 Å². The summed E-state index contributed by atoms with van der Waals surface area (Å²) in [5.74, 6) is 1.48.